The number of aryl methyl sites for hydroxylation is 1. The highest BCUT2D eigenvalue weighted by atomic mass is 16.6. The number of oxime groups is 1. The van der Waals surface area contributed by atoms with Crippen molar-refractivity contribution < 1.29 is 9.63 Å². The summed E-state index contributed by atoms with van der Waals surface area (Å²) in [4.78, 5) is 20.4. The van der Waals surface area contributed by atoms with Gasteiger partial charge in [0, 0.05) is 19.3 Å². The second-order valence-electron chi connectivity index (χ2n) is 6.85. The average Bonchev–Trinajstić information content (AvgIpc) is 3.01. The van der Waals surface area contributed by atoms with Gasteiger partial charge in [-0.15, -0.1) is 0 Å². The molecule has 0 N–H and O–H groups in total. The van der Waals surface area contributed by atoms with E-state index in [1.165, 1.54) is 0 Å². The zero-order valence-electron chi connectivity index (χ0n) is 15.4. The van der Waals surface area contributed by atoms with Gasteiger partial charge in [-0.2, -0.15) is 5.10 Å². The molecule has 2 rings (SSSR count). The van der Waals surface area contributed by atoms with E-state index in [0.29, 0.717) is 13.0 Å². The minimum atomic E-state index is -0.474. The lowest BCUT2D eigenvalue weighted by molar-refractivity contribution is -0.146. The lowest BCUT2D eigenvalue weighted by Crippen LogP contribution is -2.46. The zero-order valence-corrected chi connectivity index (χ0v) is 15.4. The van der Waals surface area contributed by atoms with Crippen LogP contribution in [0, 0.1) is 6.92 Å². The van der Waals surface area contributed by atoms with Crippen molar-refractivity contribution in [3.05, 3.63) is 18.0 Å². The van der Waals surface area contributed by atoms with E-state index in [2.05, 4.69) is 23.4 Å². The Labute approximate surface area is 144 Å². The highest BCUT2D eigenvalue weighted by molar-refractivity contribution is 5.81. The van der Waals surface area contributed by atoms with Gasteiger partial charge in [-0.1, -0.05) is 18.5 Å². The van der Waals surface area contributed by atoms with Crippen LogP contribution in [0.15, 0.2) is 17.5 Å². The molecular formula is C18H30N4O2. The van der Waals surface area contributed by atoms with Crippen LogP contribution < -0.4 is 0 Å². The van der Waals surface area contributed by atoms with Gasteiger partial charge in [0.25, 0.3) is 5.91 Å². The molecule has 24 heavy (non-hydrogen) atoms. The second kappa shape index (κ2) is 8.85. The number of hydrogen-bond acceptors (Lipinski definition) is 4. The first kappa shape index (κ1) is 18.5. The molecule has 0 bridgehead atoms. The Morgan fingerprint density at radius 2 is 2.29 bits per heavy atom. The summed E-state index contributed by atoms with van der Waals surface area (Å²) >= 11 is 0. The predicted molar refractivity (Wildman–Crippen MR) is 95.0 cm³/mol. The standard InChI is InChI=1S/C18H30N4O2/c1-5-6-9-17(24-20-14(2)3)18(23)21-10-7-8-16(13-21)22-12-15(4)11-19-22/h11-12,16-17H,5-10,13H2,1-4H3/t16-,17+/m0/s1. The van der Waals surface area contributed by atoms with Crippen molar-refractivity contribution >= 4 is 11.6 Å². The molecule has 0 unspecified atom stereocenters. The van der Waals surface area contributed by atoms with Crippen LogP contribution in [0.4, 0.5) is 0 Å². The molecule has 0 saturated carbocycles. The summed E-state index contributed by atoms with van der Waals surface area (Å²) in [6.45, 7) is 9.38. The number of unbranched alkanes of at least 4 members (excludes halogenated alkanes) is 1. The van der Waals surface area contributed by atoms with E-state index >= 15 is 0 Å². The lowest BCUT2D eigenvalue weighted by Gasteiger charge is -2.34. The molecule has 1 aliphatic heterocycles. The van der Waals surface area contributed by atoms with Gasteiger partial charge in [-0.25, -0.2) is 0 Å². The molecule has 6 nitrogen and oxygen atoms in total. The molecule has 1 aliphatic rings. The maximum absolute atomic E-state index is 12.9. The molecule has 134 valence electrons. The Hall–Kier alpha value is -1.85. The summed E-state index contributed by atoms with van der Waals surface area (Å²) in [6.07, 6.45) is 8.21. The molecular weight excluding hydrogens is 304 g/mol. The van der Waals surface area contributed by atoms with E-state index in [0.717, 1.165) is 43.5 Å². The monoisotopic (exact) mass is 334 g/mol. The van der Waals surface area contributed by atoms with E-state index in [1.807, 2.05) is 36.5 Å². The molecule has 2 heterocycles. The Morgan fingerprint density at radius 1 is 1.50 bits per heavy atom. The van der Waals surface area contributed by atoms with Crippen LogP contribution in [0.3, 0.4) is 0 Å². The average molecular weight is 334 g/mol. The molecule has 1 aromatic heterocycles. The van der Waals surface area contributed by atoms with Crippen molar-refractivity contribution in [2.24, 2.45) is 5.16 Å². The van der Waals surface area contributed by atoms with E-state index < -0.39 is 6.10 Å². The molecule has 1 saturated heterocycles. The summed E-state index contributed by atoms with van der Waals surface area (Å²) in [6, 6.07) is 0.250. The Kier molecular flexibility index (Phi) is 6.82. The predicted octanol–water partition coefficient (Wildman–Crippen LogP) is 3.33. The van der Waals surface area contributed by atoms with Crippen molar-refractivity contribution in [2.75, 3.05) is 13.1 Å². The van der Waals surface area contributed by atoms with Gasteiger partial charge < -0.3 is 9.74 Å². The van der Waals surface area contributed by atoms with Crippen molar-refractivity contribution in [1.29, 1.82) is 0 Å². The first-order valence-corrected chi connectivity index (χ1v) is 8.97. The molecule has 0 radical (unpaired) electrons. The first-order valence-electron chi connectivity index (χ1n) is 8.97. The van der Waals surface area contributed by atoms with Crippen LogP contribution in [-0.2, 0) is 9.63 Å². The second-order valence-corrected chi connectivity index (χ2v) is 6.85. The third kappa shape index (κ3) is 5.08. The number of carbonyl (C=O) groups is 1. The van der Waals surface area contributed by atoms with Gasteiger partial charge >= 0.3 is 0 Å². The Bertz CT molecular complexity index is 563. The van der Waals surface area contributed by atoms with Crippen LogP contribution in [0.1, 0.15) is 64.5 Å². The molecule has 6 heteroatoms. The van der Waals surface area contributed by atoms with Gasteiger partial charge in [0.05, 0.1) is 18.0 Å². The number of likely N-dealkylation sites (tertiary alicyclic amines) is 1. The maximum atomic E-state index is 12.9. The maximum Gasteiger partial charge on any atom is 0.266 e. The minimum Gasteiger partial charge on any atom is -0.382 e. The SMILES string of the molecule is CCCC[C@@H](ON=C(C)C)C(=O)N1CCC[C@H](n2cc(C)cn2)C1. The molecule has 1 fully saturated rings. The fourth-order valence-corrected chi connectivity index (χ4v) is 2.99. The van der Waals surface area contributed by atoms with Crippen LogP contribution in [0.2, 0.25) is 0 Å². The smallest absolute Gasteiger partial charge is 0.266 e. The molecule has 0 aliphatic carbocycles. The minimum absolute atomic E-state index is 0.0574. The largest absolute Gasteiger partial charge is 0.382 e. The summed E-state index contributed by atoms with van der Waals surface area (Å²) in [5, 5.41) is 8.44. The highest BCUT2D eigenvalue weighted by Gasteiger charge is 2.31. The van der Waals surface area contributed by atoms with Crippen LogP contribution >= 0.6 is 0 Å². The number of amides is 1. The fourth-order valence-electron chi connectivity index (χ4n) is 2.99. The van der Waals surface area contributed by atoms with Gasteiger partial charge in [-0.05, 0) is 52.0 Å². The third-order valence-corrected chi connectivity index (χ3v) is 4.27. The van der Waals surface area contributed by atoms with Crippen LogP contribution in [0.5, 0.6) is 0 Å². The number of aromatic nitrogens is 2. The van der Waals surface area contributed by atoms with E-state index in [4.69, 9.17) is 4.84 Å². The number of hydrogen-bond donors (Lipinski definition) is 0. The summed E-state index contributed by atoms with van der Waals surface area (Å²) < 4.78 is 1.99. The van der Waals surface area contributed by atoms with E-state index in [9.17, 15) is 4.79 Å². The summed E-state index contributed by atoms with van der Waals surface area (Å²) in [5.74, 6) is 0.0574. The highest BCUT2D eigenvalue weighted by Crippen LogP contribution is 2.23. The van der Waals surface area contributed by atoms with Gasteiger partial charge in [0.1, 0.15) is 0 Å². The number of carbonyl (C=O) groups excluding carboxylic acids is 1. The molecule has 0 spiro atoms. The molecule has 2 atom stereocenters. The van der Waals surface area contributed by atoms with Crippen molar-refractivity contribution in [1.82, 2.24) is 14.7 Å². The molecule has 0 aromatic carbocycles. The van der Waals surface area contributed by atoms with Gasteiger partial charge in [-0.3, -0.25) is 9.48 Å². The van der Waals surface area contributed by atoms with Crippen molar-refractivity contribution in [3.63, 3.8) is 0 Å². The fraction of sp³-hybridized carbons (Fsp3) is 0.722. The Morgan fingerprint density at radius 3 is 2.92 bits per heavy atom. The van der Waals surface area contributed by atoms with Crippen molar-refractivity contribution in [2.45, 2.75) is 71.9 Å². The van der Waals surface area contributed by atoms with Gasteiger partial charge in [0.15, 0.2) is 0 Å². The summed E-state index contributed by atoms with van der Waals surface area (Å²) in [7, 11) is 0. The van der Waals surface area contributed by atoms with Crippen molar-refractivity contribution in [3.8, 4) is 0 Å². The number of piperidine rings is 1. The summed E-state index contributed by atoms with van der Waals surface area (Å²) in [5.41, 5.74) is 1.98. The first-order chi connectivity index (χ1) is 11.5. The lowest BCUT2D eigenvalue weighted by atomic mass is 10.0. The van der Waals surface area contributed by atoms with E-state index in [-0.39, 0.29) is 11.9 Å². The topological polar surface area (TPSA) is 59.7 Å². The third-order valence-electron chi connectivity index (χ3n) is 4.27. The molecule has 1 amide bonds. The number of rotatable bonds is 7. The van der Waals surface area contributed by atoms with E-state index in [1.54, 1.807) is 0 Å². The van der Waals surface area contributed by atoms with Crippen LogP contribution in [0.25, 0.3) is 0 Å². The zero-order chi connectivity index (χ0) is 17.5. The van der Waals surface area contributed by atoms with Crippen LogP contribution in [-0.4, -0.2) is 45.5 Å². The quantitative estimate of drug-likeness (QED) is 0.568. The van der Waals surface area contributed by atoms with Gasteiger partial charge in [0.2, 0.25) is 6.10 Å². The number of nitrogens with zero attached hydrogens (tertiary/aromatic N) is 4. The normalized spacial score (nSPS) is 19.0. The Balaban J connectivity index is 2.02. The molecule has 1 aromatic rings.